The molecule has 3 nitrogen and oxygen atoms in total. The Morgan fingerprint density at radius 3 is 2.80 bits per heavy atom. The van der Waals surface area contributed by atoms with E-state index in [1.165, 1.54) is 13.0 Å². The highest BCUT2D eigenvalue weighted by atomic mass is 35.5. The highest BCUT2D eigenvalue weighted by Gasteiger charge is 2.20. The minimum Gasteiger partial charge on any atom is -0.506 e. The van der Waals surface area contributed by atoms with Crippen molar-refractivity contribution >= 4 is 17.4 Å². The molecule has 0 amide bonds. The molecule has 1 aromatic rings. The molecule has 0 unspecified atom stereocenters. The van der Waals surface area contributed by atoms with Crippen molar-refractivity contribution in [1.29, 1.82) is 0 Å². The van der Waals surface area contributed by atoms with E-state index in [1.807, 2.05) is 0 Å². The number of hydrogen-bond donors (Lipinski definition) is 2. The quantitative estimate of drug-likeness (QED) is 0.782. The first-order valence-corrected chi connectivity index (χ1v) is 4.72. The van der Waals surface area contributed by atoms with Gasteiger partial charge in [-0.3, -0.25) is 4.79 Å². The summed E-state index contributed by atoms with van der Waals surface area (Å²) in [6.07, 6.45) is 0. The number of hydrogen-bond acceptors (Lipinski definition) is 3. The summed E-state index contributed by atoms with van der Waals surface area (Å²) in [6.45, 7) is 1.43. The van der Waals surface area contributed by atoms with Crippen LogP contribution in [-0.4, -0.2) is 24.5 Å². The molecule has 0 fully saturated rings. The molecular weight excluding hydrogens is 221 g/mol. The van der Waals surface area contributed by atoms with Gasteiger partial charge in [-0.15, -0.1) is 0 Å². The number of carbonyl (C=O) groups is 1. The zero-order chi connectivity index (χ0) is 11.6. The number of phenolic OH excluding ortho intramolecular Hbond substituents is 1. The molecule has 0 aliphatic carbocycles. The van der Waals surface area contributed by atoms with E-state index < -0.39 is 17.3 Å². The van der Waals surface area contributed by atoms with Crippen LogP contribution in [0.1, 0.15) is 15.9 Å². The predicted octanol–water partition coefficient (Wildman–Crippen LogP) is 1.90. The highest BCUT2D eigenvalue weighted by Crippen LogP contribution is 2.31. The smallest absolute Gasteiger partial charge is 0.183 e. The Morgan fingerprint density at radius 2 is 2.27 bits per heavy atom. The van der Waals surface area contributed by atoms with Gasteiger partial charge in [0.15, 0.2) is 5.78 Å². The number of aromatic hydroxyl groups is 1. The largest absolute Gasteiger partial charge is 0.506 e. The molecule has 0 bridgehead atoms. The Balaban J connectivity index is 3.32. The monoisotopic (exact) mass is 231 g/mol. The number of phenols is 1. The van der Waals surface area contributed by atoms with E-state index in [0.717, 1.165) is 0 Å². The van der Waals surface area contributed by atoms with E-state index in [1.54, 1.807) is 7.05 Å². The lowest BCUT2D eigenvalue weighted by molar-refractivity contribution is 0.0987. The summed E-state index contributed by atoms with van der Waals surface area (Å²) in [4.78, 5) is 11.5. The lowest BCUT2D eigenvalue weighted by atomic mass is 10.1. The fourth-order valence-electron chi connectivity index (χ4n) is 1.25. The molecule has 82 valence electrons. The van der Waals surface area contributed by atoms with Crippen LogP contribution in [0.3, 0.4) is 0 Å². The summed E-state index contributed by atoms with van der Waals surface area (Å²) >= 11 is 5.65. The standard InChI is InChI=1S/C10H11ClFNO2/c1-5-3-6(11)10(15)8(9(5)12)7(14)4-13-2/h3,13,15H,4H2,1-2H3. The third kappa shape index (κ3) is 2.27. The van der Waals surface area contributed by atoms with E-state index >= 15 is 0 Å². The van der Waals surface area contributed by atoms with Crippen molar-refractivity contribution in [2.45, 2.75) is 6.92 Å². The Bertz CT molecular complexity index is 381. The van der Waals surface area contributed by atoms with E-state index in [2.05, 4.69) is 5.32 Å². The SMILES string of the molecule is CNCC(=O)c1c(O)c(Cl)cc(C)c1F. The molecule has 0 aromatic heterocycles. The van der Waals surface area contributed by atoms with Crippen LogP contribution in [0.15, 0.2) is 6.07 Å². The maximum absolute atomic E-state index is 13.5. The minimum absolute atomic E-state index is 0.0200. The lowest BCUT2D eigenvalue weighted by Gasteiger charge is -2.08. The highest BCUT2D eigenvalue weighted by molar-refractivity contribution is 6.32. The van der Waals surface area contributed by atoms with Gasteiger partial charge < -0.3 is 10.4 Å². The summed E-state index contributed by atoms with van der Waals surface area (Å²) in [5.41, 5.74) is -0.119. The Hall–Kier alpha value is -1.13. The van der Waals surface area contributed by atoms with Gasteiger partial charge in [0.2, 0.25) is 0 Å². The van der Waals surface area contributed by atoms with Crippen LogP contribution in [0.4, 0.5) is 4.39 Å². The van der Waals surface area contributed by atoms with Crippen LogP contribution in [0, 0.1) is 12.7 Å². The molecule has 5 heteroatoms. The number of ketones is 1. The number of rotatable bonds is 3. The average molecular weight is 232 g/mol. The average Bonchev–Trinajstić information content (AvgIpc) is 2.16. The Labute approximate surface area is 91.9 Å². The first-order chi connectivity index (χ1) is 6.99. The van der Waals surface area contributed by atoms with Crippen LogP contribution in [0.2, 0.25) is 5.02 Å². The third-order valence-electron chi connectivity index (χ3n) is 1.99. The van der Waals surface area contributed by atoms with Crippen molar-refractivity contribution in [3.63, 3.8) is 0 Å². The first-order valence-electron chi connectivity index (χ1n) is 4.34. The van der Waals surface area contributed by atoms with Crippen LogP contribution < -0.4 is 5.32 Å². The Morgan fingerprint density at radius 1 is 1.67 bits per heavy atom. The molecule has 0 spiro atoms. The van der Waals surface area contributed by atoms with Gasteiger partial charge in [-0.25, -0.2) is 4.39 Å². The van der Waals surface area contributed by atoms with Gasteiger partial charge in [-0.05, 0) is 25.6 Å². The first kappa shape index (κ1) is 11.9. The van der Waals surface area contributed by atoms with Crippen molar-refractivity contribution in [2.75, 3.05) is 13.6 Å². The second-order valence-electron chi connectivity index (χ2n) is 3.17. The van der Waals surface area contributed by atoms with E-state index in [0.29, 0.717) is 0 Å². The van der Waals surface area contributed by atoms with E-state index in [9.17, 15) is 14.3 Å². The summed E-state index contributed by atoms with van der Waals surface area (Å²) in [5, 5.41) is 12.0. The van der Waals surface area contributed by atoms with Crippen molar-refractivity contribution in [3.05, 3.63) is 28.0 Å². The van der Waals surface area contributed by atoms with Crippen molar-refractivity contribution in [1.82, 2.24) is 5.32 Å². The van der Waals surface area contributed by atoms with Gasteiger partial charge in [0.05, 0.1) is 17.1 Å². The number of nitrogens with one attached hydrogen (secondary N) is 1. The number of Topliss-reactive ketones (excluding diaryl/α,β-unsaturated/α-hetero) is 1. The number of halogens is 2. The van der Waals surface area contributed by atoms with Crippen molar-refractivity contribution in [3.8, 4) is 5.75 Å². The number of carbonyl (C=O) groups excluding carboxylic acids is 1. The molecule has 0 radical (unpaired) electrons. The van der Waals surface area contributed by atoms with Gasteiger partial charge in [0.25, 0.3) is 0 Å². The van der Waals surface area contributed by atoms with Gasteiger partial charge in [0, 0.05) is 0 Å². The zero-order valence-electron chi connectivity index (χ0n) is 8.40. The second-order valence-corrected chi connectivity index (χ2v) is 3.57. The topological polar surface area (TPSA) is 49.3 Å². The molecule has 2 N–H and O–H groups in total. The van der Waals surface area contributed by atoms with Crippen LogP contribution in [-0.2, 0) is 0 Å². The van der Waals surface area contributed by atoms with Crippen LogP contribution >= 0.6 is 11.6 Å². The number of aryl methyl sites for hydroxylation is 1. The molecule has 1 aromatic carbocycles. The predicted molar refractivity (Wildman–Crippen MR) is 56.1 cm³/mol. The Kier molecular flexibility index (Phi) is 3.66. The van der Waals surface area contributed by atoms with Gasteiger partial charge >= 0.3 is 0 Å². The molecule has 0 aliphatic rings. The zero-order valence-corrected chi connectivity index (χ0v) is 9.15. The summed E-state index contributed by atoms with van der Waals surface area (Å²) in [6, 6.07) is 1.28. The summed E-state index contributed by atoms with van der Waals surface area (Å²) in [5.74, 6) is -1.75. The minimum atomic E-state index is -0.725. The third-order valence-corrected chi connectivity index (χ3v) is 2.28. The molecule has 0 aliphatic heterocycles. The van der Waals surface area contributed by atoms with Crippen molar-refractivity contribution in [2.24, 2.45) is 0 Å². The molecule has 1 rings (SSSR count). The fourth-order valence-corrected chi connectivity index (χ4v) is 1.50. The molecule has 0 atom stereocenters. The second kappa shape index (κ2) is 4.59. The normalized spacial score (nSPS) is 10.4. The van der Waals surface area contributed by atoms with Gasteiger partial charge in [-0.2, -0.15) is 0 Å². The fraction of sp³-hybridized carbons (Fsp3) is 0.300. The summed E-state index contributed by atoms with van der Waals surface area (Å²) < 4.78 is 13.5. The maximum Gasteiger partial charge on any atom is 0.183 e. The van der Waals surface area contributed by atoms with Gasteiger partial charge in [-0.1, -0.05) is 11.6 Å². The molecule has 0 saturated carbocycles. The maximum atomic E-state index is 13.5. The van der Waals surface area contributed by atoms with Crippen LogP contribution in [0.5, 0.6) is 5.75 Å². The molecule has 0 heterocycles. The number of likely N-dealkylation sites (N-methyl/N-ethyl adjacent to an activating group) is 1. The summed E-state index contributed by atoms with van der Waals surface area (Å²) in [7, 11) is 1.56. The molecule has 0 saturated heterocycles. The molecule has 15 heavy (non-hydrogen) atoms. The van der Waals surface area contributed by atoms with E-state index in [4.69, 9.17) is 11.6 Å². The lowest BCUT2D eigenvalue weighted by Crippen LogP contribution is -2.20. The molecular formula is C10H11ClFNO2. The van der Waals surface area contributed by atoms with Crippen LogP contribution in [0.25, 0.3) is 0 Å². The van der Waals surface area contributed by atoms with E-state index in [-0.39, 0.29) is 22.7 Å². The van der Waals surface area contributed by atoms with Crippen molar-refractivity contribution < 1.29 is 14.3 Å². The number of benzene rings is 1. The van der Waals surface area contributed by atoms with Gasteiger partial charge in [0.1, 0.15) is 11.6 Å².